The first-order valence-corrected chi connectivity index (χ1v) is 35.8. The summed E-state index contributed by atoms with van der Waals surface area (Å²) >= 11 is 45.3. The second-order valence-electron chi connectivity index (χ2n) is 12.5. The van der Waals surface area contributed by atoms with Gasteiger partial charge in [-0.3, -0.25) is 8.78 Å². The maximum absolute atomic E-state index is 12.7. The quantitative estimate of drug-likeness (QED) is 0.107. The molecule has 1 aliphatic rings. The molecule has 72 heavy (non-hydrogen) atoms. The molecular weight excluding hydrogens is 1690 g/mol. The third kappa shape index (κ3) is 75.8. The van der Waals surface area contributed by atoms with Gasteiger partial charge < -0.3 is 0 Å². The lowest BCUT2D eigenvalue weighted by Gasteiger charge is -1.96. The Bertz CT molecular complexity index is 1540. The van der Waals surface area contributed by atoms with E-state index < -0.39 is 11.6 Å². The molecule has 0 amide bonds. The van der Waals surface area contributed by atoms with E-state index in [-0.39, 0.29) is 12.5 Å². The third-order valence-electron chi connectivity index (χ3n) is 6.49. The van der Waals surface area contributed by atoms with Crippen LogP contribution in [0.4, 0.5) is 22.0 Å². The summed E-state index contributed by atoms with van der Waals surface area (Å²) in [5.74, 6) is 1.56. The van der Waals surface area contributed by atoms with E-state index in [2.05, 4.69) is 244 Å². The molecule has 0 saturated heterocycles. The van der Waals surface area contributed by atoms with Crippen molar-refractivity contribution in [2.45, 2.75) is 92.3 Å². The highest BCUT2D eigenvalue weighted by Gasteiger charge is 2.18. The van der Waals surface area contributed by atoms with Gasteiger partial charge in [-0.2, -0.15) is 0 Å². The zero-order chi connectivity index (χ0) is 57.4. The molecule has 0 spiro atoms. The Kier molecular flexibility index (Phi) is 99.0. The van der Waals surface area contributed by atoms with Gasteiger partial charge in [0.05, 0.1) is 13.9 Å². The van der Waals surface area contributed by atoms with Crippen LogP contribution in [-0.2, 0) is 26.7 Å². The molecule has 5 aromatic rings. The van der Waals surface area contributed by atoms with Gasteiger partial charge in [-0.15, -0.1) is 11.6 Å². The van der Waals surface area contributed by atoms with E-state index in [1.807, 2.05) is 81.2 Å². The second-order valence-corrected chi connectivity index (χ2v) is 21.0. The Morgan fingerprint density at radius 1 is 0.528 bits per heavy atom. The maximum atomic E-state index is 12.7. The van der Waals surface area contributed by atoms with Crippen molar-refractivity contribution in [2.24, 2.45) is 5.92 Å². The fourth-order valence-corrected chi connectivity index (χ4v) is 6.07. The van der Waals surface area contributed by atoms with Crippen LogP contribution in [0, 0.1) is 23.4 Å². The number of benzene rings is 5. The Hall–Kier alpha value is 1.61. The Morgan fingerprint density at radius 2 is 0.806 bits per heavy atom. The van der Waals surface area contributed by atoms with Gasteiger partial charge in [0, 0.05) is 70.3 Å². The predicted molar refractivity (Wildman–Crippen MR) is 359 cm³/mol. The van der Waals surface area contributed by atoms with Crippen molar-refractivity contribution in [1.29, 1.82) is 0 Å². The van der Waals surface area contributed by atoms with E-state index in [9.17, 15) is 22.0 Å². The molecule has 0 aliphatic heterocycles. The molecule has 0 aromatic heterocycles. The van der Waals surface area contributed by atoms with E-state index >= 15 is 0 Å². The van der Waals surface area contributed by atoms with Crippen molar-refractivity contribution in [3.8, 4) is 0 Å². The molecule has 1 aliphatic carbocycles. The van der Waals surface area contributed by atoms with Crippen molar-refractivity contribution in [2.75, 3.05) is 47.4 Å². The summed E-state index contributed by atoms with van der Waals surface area (Å²) in [6.45, 7) is 12.1. The Morgan fingerprint density at radius 3 is 0.972 bits per heavy atom. The minimum Gasteiger partial charge on any atom is -0.255 e. The molecule has 1 saturated carbocycles. The van der Waals surface area contributed by atoms with Gasteiger partial charge >= 0.3 is 0 Å². The van der Waals surface area contributed by atoms with Gasteiger partial charge in [0.2, 0.25) is 0 Å². The van der Waals surface area contributed by atoms with Gasteiger partial charge in [0.15, 0.2) is 0 Å². The van der Waals surface area contributed by atoms with Crippen LogP contribution in [0.15, 0.2) is 127 Å². The number of rotatable bonds is 8. The lowest BCUT2D eigenvalue weighted by Crippen LogP contribution is -1.85. The summed E-state index contributed by atoms with van der Waals surface area (Å²) in [6, 6.07) is 39.0. The highest BCUT2D eigenvalue weighted by Crippen LogP contribution is 2.30. The number of halogens is 18. The van der Waals surface area contributed by atoms with Crippen LogP contribution >= 0.6 is 198 Å². The average molecular weight is 1770 g/mol. The summed E-state index contributed by atoms with van der Waals surface area (Å²) < 4.78 is 57.7. The molecule has 0 N–H and O–H groups in total. The summed E-state index contributed by atoms with van der Waals surface area (Å²) in [5, 5.41) is 8.12. The third-order valence-corrected chi connectivity index (χ3v) is 11.9. The average Bonchev–Trinajstić information content (AvgIpc) is 4.28. The highest BCUT2D eigenvalue weighted by atomic mass is 79.9. The first-order valence-electron chi connectivity index (χ1n) is 22.1. The van der Waals surface area contributed by atoms with Crippen LogP contribution in [0.2, 0.25) is 5.02 Å². The lowest BCUT2D eigenvalue weighted by molar-refractivity contribution is 0.535. The van der Waals surface area contributed by atoms with Crippen molar-refractivity contribution < 1.29 is 22.0 Å². The van der Waals surface area contributed by atoms with Crippen molar-refractivity contribution in [1.82, 2.24) is 0 Å². The molecule has 5 aromatic carbocycles. The maximum Gasteiger partial charge on any atom is 0.130 e. The van der Waals surface area contributed by atoms with E-state index in [1.165, 1.54) is 65.9 Å². The molecule has 0 radical (unpaired) electrons. The van der Waals surface area contributed by atoms with E-state index in [1.54, 1.807) is 12.1 Å². The molecular formula is C54H76Br11Cl2F5. The van der Waals surface area contributed by atoms with E-state index in [0.29, 0.717) is 44.1 Å². The summed E-state index contributed by atoms with van der Waals surface area (Å²) in [7, 11) is 0.500. The van der Waals surface area contributed by atoms with Gasteiger partial charge in [-0.25, -0.2) is 13.2 Å². The molecule has 1 fully saturated rings. The molecule has 0 bridgehead atoms. The summed E-state index contributed by atoms with van der Waals surface area (Å²) in [5.41, 5.74) is 5.08. The monoisotopic (exact) mass is 1760 g/mol. The lowest BCUT2D eigenvalue weighted by atomic mass is 10.2. The van der Waals surface area contributed by atoms with Crippen molar-refractivity contribution in [3.05, 3.63) is 178 Å². The number of hydrogen-bond donors (Lipinski definition) is 0. The van der Waals surface area contributed by atoms with Crippen LogP contribution in [0.1, 0.15) is 88.6 Å². The highest BCUT2D eigenvalue weighted by molar-refractivity contribution is 9.10. The van der Waals surface area contributed by atoms with E-state index in [0.717, 1.165) is 38.6 Å². The van der Waals surface area contributed by atoms with E-state index in [4.69, 9.17) is 11.6 Å². The molecule has 418 valence electrons. The first-order chi connectivity index (χ1) is 34.7. The number of alkyl halides is 14. The SMILES string of the molecule is BrCC1CC1.BrCc1ccccc1.BrCc1ccccc1.BrCc1ccccc1.CBr.CC.CC(C)Br.CCBr.CCCBr.CCl.CF.FCCBr.Fc1cc(Cl)ccc1CBr.Fc1ccc(CBr)c(F)c1. The zero-order valence-corrected chi connectivity index (χ0v) is 61.7. The summed E-state index contributed by atoms with van der Waals surface area (Å²) in [6.07, 6.45) is 5.64. The molecule has 18 heteroatoms. The van der Waals surface area contributed by atoms with Gasteiger partial charge in [-0.05, 0) is 77.0 Å². The molecule has 6 rings (SSSR count). The zero-order valence-electron chi connectivity index (χ0n) is 42.8. The fraction of sp³-hybridized carbons (Fsp3) is 0.444. The molecule has 0 atom stereocenters. The largest absolute Gasteiger partial charge is 0.255 e. The van der Waals surface area contributed by atoms with Crippen LogP contribution < -0.4 is 0 Å². The fourth-order valence-electron chi connectivity index (χ4n) is 3.23. The van der Waals surface area contributed by atoms with Crippen LogP contribution in [0.25, 0.3) is 0 Å². The van der Waals surface area contributed by atoms with Gasteiger partial charge in [-0.1, -0.05) is 332 Å². The Balaban J connectivity index is -0.000000106. The predicted octanol–water partition coefficient (Wildman–Crippen LogP) is 25.6. The Labute approximate surface area is 536 Å². The molecule has 0 heterocycles. The standard InChI is InChI=1S/C7H5BrClF.C7H5BrF2.3C7H7Br.C4H7Br.2C3H7Br.C2H4BrF.C2H5Br.C2H6.CH3Br.CH3Cl.CH3F/c2*8-4-5-1-2-6(9)3-7(5)10;3*8-6-7-4-2-1-3-5-7;5-3-4-1-2-4;1-3(2)4;1-2-3-4;3-1-2-4;1-2-3;4*1-2/h2*1-3H,4H2;3*1-5H,6H2;4H,1-3H2;3H,1-2H3;2-3H2,1H3;1-2H2;2H2,1H3;1-2H3;3*1H3. The van der Waals surface area contributed by atoms with Gasteiger partial charge in [0.1, 0.15) is 17.5 Å². The smallest absolute Gasteiger partial charge is 0.130 e. The normalized spacial score (nSPS) is 9.33. The van der Waals surface area contributed by atoms with Crippen LogP contribution in [0.3, 0.4) is 0 Å². The number of hydrogen-bond acceptors (Lipinski definition) is 0. The summed E-state index contributed by atoms with van der Waals surface area (Å²) in [4.78, 5) is 0.646. The van der Waals surface area contributed by atoms with Crippen molar-refractivity contribution >= 4 is 198 Å². The molecule has 0 unspecified atom stereocenters. The first kappa shape index (κ1) is 90.2. The van der Waals surface area contributed by atoms with Crippen molar-refractivity contribution in [3.63, 3.8) is 0 Å². The molecule has 0 nitrogen and oxygen atoms in total. The topological polar surface area (TPSA) is 0 Å². The van der Waals surface area contributed by atoms with Crippen LogP contribution in [0.5, 0.6) is 0 Å². The minimum atomic E-state index is -0.540. The van der Waals surface area contributed by atoms with Gasteiger partial charge in [0.25, 0.3) is 0 Å². The second kappa shape index (κ2) is 79.1. The van der Waals surface area contributed by atoms with Crippen LogP contribution in [-0.4, -0.2) is 52.2 Å². The minimum absolute atomic E-state index is 0.260.